The van der Waals surface area contributed by atoms with E-state index in [0.29, 0.717) is 22.9 Å². The van der Waals surface area contributed by atoms with Gasteiger partial charge in [0.25, 0.3) is 0 Å². The molecule has 3 aromatic carbocycles. The number of anilines is 1. The predicted molar refractivity (Wildman–Crippen MR) is 120 cm³/mol. The lowest BCUT2D eigenvalue weighted by Crippen LogP contribution is -2.39. The van der Waals surface area contributed by atoms with Crippen molar-refractivity contribution in [2.24, 2.45) is 0 Å². The normalized spacial score (nSPS) is 14.0. The number of ketones is 1. The Labute approximate surface area is 202 Å². The van der Waals surface area contributed by atoms with E-state index in [2.05, 4.69) is 33.9 Å². The summed E-state index contributed by atoms with van der Waals surface area (Å²) in [6, 6.07) is 10.1. The second-order valence-corrected chi connectivity index (χ2v) is 9.04. The molecular formula is C22H14BrF6NO3S. The lowest BCUT2D eigenvalue weighted by molar-refractivity contribution is -0.161. The molecule has 0 bridgehead atoms. The van der Waals surface area contributed by atoms with Crippen LogP contribution in [0.4, 0.5) is 36.8 Å². The first-order valence-electron chi connectivity index (χ1n) is 9.35. The van der Waals surface area contributed by atoms with Crippen molar-refractivity contribution in [1.29, 1.82) is 0 Å². The van der Waals surface area contributed by atoms with Crippen LogP contribution in [0.1, 0.15) is 27.9 Å². The van der Waals surface area contributed by atoms with E-state index >= 15 is 0 Å². The van der Waals surface area contributed by atoms with Gasteiger partial charge in [-0.1, -0.05) is 40.2 Å². The van der Waals surface area contributed by atoms with Crippen LogP contribution in [0.25, 0.3) is 10.8 Å². The summed E-state index contributed by atoms with van der Waals surface area (Å²) in [5, 5.41) is 11.9. The van der Waals surface area contributed by atoms with Gasteiger partial charge in [-0.15, -0.1) is 0 Å². The number of halogens is 7. The number of nitrogens with one attached hydrogen (secondary N) is 1. The maximum atomic E-state index is 14.1. The minimum Gasteiger partial charge on any atom is -0.465 e. The molecule has 180 valence electrons. The van der Waals surface area contributed by atoms with Gasteiger partial charge in [0, 0.05) is 21.8 Å². The van der Waals surface area contributed by atoms with Crippen molar-refractivity contribution >= 4 is 56.9 Å². The second-order valence-electron chi connectivity index (χ2n) is 7.36. The molecular weight excluding hydrogens is 552 g/mol. The van der Waals surface area contributed by atoms with E-state index in [1.807, 2.05) is 0 Å². The Morgan fingerprint density at radius 2 is 1.59 bits per heavy atom. The standard InChI is InChI=1S/C22H14BrF6NO3S/c23-15-8-13(7-14(9-15)21(24,25)26)20(34,22(27,28)29)10-18(31)12-4-5-16-11(6-12)2-1-3-17(16)30-19(32)33/h1-9,30,34H,10H2,(H,32,33). The zero-order valence-corrected chi connectivity index (χ0v) is 19.2. The highest BCUT2D eigenvalue weighted by Crippen LogP contribution is 2.49. The third-order valence-corrected chi connectivity index (χ3v) is 6.16. The Morgan fingerprint density at radius 3 is 2.18 bits per heavy atom. The fraction of sp³-hybridized carbons (Fsp3) is 0.182. The number of Topliss-reactive ketones (excluding diaryl/α,β-unsaturated/α-hetero) is 1. The minimum atomic E-state index is -5.18. The molecule has 0 aliphatic heterocycles. The molecule has 3 aromatic rings. The second kappa shape index (κ2) is 9.14. The number of thiol groups is 1. The zero-order valence-electron chi connectivity index (χ0n) is 16.8. The van der Waals surface area contributed by atoms with Crippen LogP contribution < -0.4 is 5.32 Å². The molecule has 3 rings (SSSR count). The number of fused-ring (bicyclic) bond motifs is 1. The molecule has 4 nitrogen and oxygen atoms in total. The molecule has 0 saturated heterocycles. The van der Waals surface area contributed by atoms with Gasteiger partial charge < -0.3 is 5.11 Å². The van der Waals surface area contributed by atoms with Crippen LogP contribution in [0, 0.1) is 0 Å². The molecule has 0 aliphatic carbocycles. The average molecular weight is 566 g/mol. The van der Waals surface area contributed by atoms with Gasteiger partial charge in [0.2, 0.25) is 0 Å². The molecule has 0 spiro atoms. The number of benzene rings is 3. The number of amides is 1. The molecule has 2 N–H and O–H groups in total. The van der Waals surface area contributed by atoms with Crippen molar-refractivity contribution in [3.05, 3.63) is 75.8 Å². The van der Waals surface area contributed by atoms with Crippen molar-refractivity contribution in [3.8, 4) is 0 Å². The number of carbonyl (C=O) groups excluding carboxylic acids is 1. The summed E-state index contributed by atoms with van der Waals surface area (Å²) < 4.78 is 78.3. The van der Waals surface area contributed by atoms with Gasteiger partial charge in [0.15, 0.2) is 5.78 Å². The van der Waals surface area contributed by atoms with Crippen molar-refractivity contribution in [3.63, 3.8) is 0 Å². The first-order chi connectivity index (χ1) is 15.6. The molecule has 0 heterocycles. The van der Waals surface area contributed by atoms with Gasteiger partial charge in [0.1, 0.15) is 4.75 Å². The topological polar surface area (TPSA) is 66.4 Å². The maximum absolute atomic E-state index is 14.1. The van der Waals surface area contributed by atoms with Gasteiger partial charge >= 0.3 is 18.4 Å². The van der Waals surface area contributed by atoms with Gasteiger partial charge in [-0.2, -0.15) is 39.0 Å². The average Bonchev–Trinajstić information content (AvgIpc) is 2.71. The van der Waals surface area contributed by atoms with Gasteiger partial charge in [-0.3, -0.25) is 10.1 Å². The summed E-state index contributed by atoms with van der Waals surface area (Å²) in [5.74, 6) is -1.01. The van der Waals surface area contributed by atoms with E-state index in [1.54, 1.807) is 0 Å². The summed E-state index contributed by atoms with van der Waals surface area (Å²) in [4.78, 5) is 23.8. The Morgan fingerprint density at radius 1 is 0.941 bits per heavy atom. The minimum absolute atomic E-state index is 0.145. The van der Waals surface area contributed by atoms with E-state index in [9.17, 15) is 35.9 Å². The highest BCUT2D eigenvalue weighted by atomic mass is 79.9. The molecule has 1 atom stereocenters. The first-order valence-corrected chi connectivity index (χ1v) is 10.6. The lowest BCUT2D eigenvalue weighted by atomic mass is 9.88. The smallest absolute Gasteiger partial charge is 0.416 e. The molecule has 12 heteroatoms. The van der Waals surface area contributed by atoms with Crippen molar-refractivity contribution in [2.75, 3.05) is 5.32 Å². The number of alkyl halides is 6. The summed E-state index contributed by atoms with van der Waals surface area (Å²) in [5.41, 5.74) is -2.10. The largest absolute Gasteiger partial charge is 0.465 e. The number of hydrogen-bond acceptors (Lipinski definition) is 3. The van der Waals surface area contributed by atoms with E-state index in [4.69, 9.17) is 5.11 Å². The number of rotatable bonds is 5. The van der Waals surface area contributed by atoms with Crippen molar-refractivity contribution < 1.29 is 41.0 Å². The van der Waals surface area contributed by atoms with Crippen molar-refractivity contribution in [2.45, 2.75) is 23.5 Å². The highest BCUT2D eigenvalue weighted by molar-refractivity contribution is 9.10. The van der Waals surface area contributed by atoms with Gasteiger partial charge in [0.05, 0.1) is 11.3 Å². The molecule has 0 saturated carbocycles. The third kappa shape index (κ3) is 5.33. The van der Waals surface area contributed by atoms with E-state index in [0.717, 1.165) is 6.07 Å². The monoisotopic (exact) mass is 565 g/mol. The Bertz CT molecular complexity index is 1280. The molecule has 0 fully saturated rings. The quantitative estimate of drug-likeness (QED) is 0.169. The van der Waals surface area contributed by atoms with Crippen LogP contribution in [0.15, 0.2) is 59.1 Å². The Kier molecular flexibility index (Phi) is 6.96. The summed E-state index contributed by atoms with van der Waals surface area (Å²) in [7, 11) is 0. The van der Waals surface area contributed by atoms with Crippen LogP contribution in [-0.4, -0.2) is 23.2 Å². The maximum Gasteiger partial charge on any atom is 0.416 e. The Balaban J connectivity index is 2.04. The van der Waals surface area contributed by atoms with Crippen LogP contribution >= 0.6 is 28.6 Å². The third-order valence-electron chi connectivity index (χ3n) is 5.03. The SMILES string of the molecule is O=C(O)Nc1cccc2cc(C(=O)CC(S)(c3cc(Br)cc(C(F)(F)F)c3)C(F)(F)F)ccc12. The fourth-order valence-electron chi connectivity index (χ4n) is 3.37. The number of hydrogen-bond donors (Lipinski definition) is 3. The lowest BCUT2D eigenvalue weighted by Gasteiger charge is -2.31. The molecule has 1 amide bonds. The number of carbonyl (C=O) groups is 2. The predicted octanol–water partition coefficient (Wildman–Crippen LogP) is 7.67. The van der Waals surface area contributed by atoms with Crippen LogP contribution in [0.2, 0.25) is 0 Å². The summed E-state index contributed by atoms with van der Waals surface area (Å²) >= 11 is 6.48. The molecule has 34 heavy (non-hydrogen) atoms. The molecule has 0 aliphatic rings. The van der Waals surface area contributed by atoms with Crippen LogP contribution in [0.3, 0.4) is 0 Å². The van der Waals surface area contributed by atoms with Gasteiger partial charge in [-0.05, 0) is 41.3 Å². The fourth-order valence-corrected chi connectivity index (χ4v) is 4.14. The molecule has 1 unspecified atom stereocenters. The highest BCUT2D eigenvalue weighted by Gasteiger charge is 2.55. The zero-order chi connectivity index (χ0) is 25.5. The van der Waals surface area contributed by atoms with Crippen LogP contribution in [0.5, 0.6) is 0 Å². The van der Waals surface area contributed by atoms with Gasteiger partial charge in [-0.25, -0.2) is 4.79 Å². The summed E-state index contributed by atoms with van der Waals surface area (Å²) in [6.45, 7) is 0. The molecule has 0 aromatic heterocycles. The Hall–Kier alpha value is -2.73. The van der Waals surface area contributed by atoms with E-state index in [1.165, 1.54) is 36.4 Å². The van der Waals surface area contributed by atoms with Crippen LogP contribution in [-0.2, 0) is 10.9 Å². The number of carboxylic acid groups (broad SMARTS) is 1. The van der Waals surface area contributed by atoms with E-state index < -0.39 is 46.5 Å². The first kappa shape index (κ1) is 25.9. The van der Waals surface area contributed by atoms with Crippen molar-refractivity contribution in [1.82, 2.24) is 0 Å². The molecule has 0 radical (unpaired) electrons. The summed E-state index contributed by atoms with van der Waals surface area (Å²) in [6.07, 6.45) is -12.7. The van der Waals surface area contributed by atoms with E-state index in [-0.39, 0.29) is 15.7 Å².